The summed E-state index contributed by atoms with van der Waals surface area (Å²) in [7, 11) is 0. The zero-order valence-corrected chi connectivity index (χ0v) is 16.0. The Morgan fingerprint density at radius 2 is 1.82 bits per heavy atom. The molecule has 144 valence electrons. The number of carbonyl (C=O) groups is 1. The standard InChI is InChI=1S/C22H23FN4O/c1-3-27(20-6-4-5-16(2)13-20)22-25-14-18(15-26-22)21(28)24-12-11-17-7-9-19(23)10-8-17/h4-10,13-15H,3,11-12H2,1-2H3,(H,24,28). The van der Waals surface area contributed by atoms with Crippen molar-refractivity contribution in [1.29, 1.82) is 0 Å². The number of nitrogens with zero attached hydrogens (tertiary/aromatic N) is 3. The predicted molar refractivity (Wildman–Crippen MR) is 108 cm³/mol. The van der Waals surface area contributed by atoms with Gasteiger partial charge in [0.25, 0.3) is 5.91 Å². The molecule has 0 fully saturated rings. The molecule has 0 saturated heterocycles. The molecule has 1 amide bonds. The van der Waals surface area contributed by atoms with Crippen molar-refractivity contribution < 1.29 is 9.18 Å². The van der Waals surface area contributed by atoms with Gasteiger partial charge in [-0.05, 0) is 55.7 Å². The zero-order chi connectivity index (χ0) is 19.9. The molecule has 0 bridgehead atoms. The van der Waals surface area contributed by atoms with E-state index in [0.717, 1.165) is 16.8 Å². The minimum absolute atomic E-state index is 0.229. The Morgan fingerprint density at radius 3 is 2.46 bits per heavy atom. The van der Waals surface area contributed by atoms with Crippen molar-refractivity contribution in [3.05, 3.63) is 83.4 Å². The minimum atomic E-state index is -0.267. The molecule has 0 saturated carbocycles. The molecule has 3 aromatic rings. The number of rotatable bonds is 7. The van der Waals surface area contributed by atoms with Gasteiger partial charge >= 0.3 is 0 Å². The number of carbonyl (C=O) groups excluding carboxylic acids is 1. The number of nitrogens with one attached hydrogen (secondary N) is 1. The number of benzene rings is 2. The Hall–Kier alpha value is -3.28. The van der Waals surface area contributed by atoms with Crippen LogP contribution in [-0.4, -0.2) is 29.0 Å². The summed E-state index contributed by atoms with van der Waals surface area (Å²) in [6.07, 6.45) is 3.70. The van der Waals surface area contributed by atoms with Crippen molar-refractivity contribution in [3.8, 4) is 0 Å². The minimum Gasteiger partial charge on any atom is -0.352 e. The molecule has 0 unspecified atom stereocenters. The van der Waals surface area contributed by atoms with Crippen LogP contribution < -0.4 is 10.2 Å². The largest absolute Gasteiger partial charge is 0.352 e. The Balaban J connectivity index is 1.61. The molecule has 1 N–H and O–H groups in total. The molecule has 0 atom stereocenters. The molecule has 3 rings (SSSR count). The lowest BCUT2D eigenvalue weighted by molar-refractivity contribution is 0.0953. The van der Waals surface area contributed by atoms with Crippen molar-refractivity contribution >= 4 is 17.5 Å². The molecule has 0 aliphatic rings. The van der Waals surface area contributed by atoms with E-state index < -0.39 is 0 Å². The fraction of sp³-hybridized carbons (Fsp3) is 0.227. The average Bonchev–Trinajstić information content (AvgIpc) is 2.70. The van der Waals surface area contributed by atoms with Crippen LogP contribution in [0, 0.1) is 12.7 Å². The molecule has 2 aromatic carbocycles. The molecule has 1 heterocycles. The summed E-state index contributed by atoms with van der Waals surface area (Å²) >= 11 is 0. The lowest BCUT2D eigenvalue weighted by atomic mass is 10.1. The van der Waals surface area contributed by atoms with E-state index in [4.69, 9.17) is 0 Å². The molecular weight excluding hydrogens is 355 g/mol. The fourth-order valence-corrected chi connectivity index (χ4v) is 2.89. The van der Waals surface area contributed by atoms with Crippen LogP contribution in [0.3, 0.4) is 0 Å². The predicted octanol–water partition coefficient (Wildman–Crippen LogP) is 4.05. The monoisotopic (exact) mass is 378 g/mol. The number of aryl methyl sites for hydroxylation is 1. The van der Waals surface area contributed by atoms with E-state index in [1.54, 1.807) is 12.1 Å². The number of anilines is 2. The first-order valence-electron chi connectivity index (χ1n) is 9.25. The van der Waals surface area contributed by atoms with Crippen LogP contribution in [0.1, 0.15) is 28.4 Å². The van der Waals surface area contributed by atoms with Gasteiger partial charge in [0, 0.05) is 31.2 Å². The van der Waals surface area contributed by atoms with E-state index in [2.05, 4.69) is 21.4 Å². The van der Waals surface area contributed by atoms with E-state index in [1.165, 1.54) is 24.5 Å². The van der Waals surface area contributed by atoms with E-state index in [9.17, 15) is 9.18 Å². The van der Waals surface area contributed by atoms with Crippen molar-refractivity contribution in [2.75, 3.05) is 18.0 Å². The first kappa shape index (κ1) is 19.5. The Bertz CT molecular complexity index is 926. The van der Waals surface area contributed by atoms with Gasteiger partial charge in [-0.3, -0.25) is 4.79 Å². The van der Waals surface area contributed by atoms with Gasteiger partial charge in [-0.2, -0.15) is 0 Å². The number of hydrogen-bond acceptors (Lipinski definition) is 4. The molecule has 0 radical (unpaired) electrons. The van der Waals surface area contributed by atoms with Crippen LogP contribution >= 0.6 is 0 Å². The normalized spacial score (nSPS) is 10.5. The topological polar surface area (TPSA) is 58.1 Å². The first-order chi connectivity index (χ1) is 13.6. The van der Waals surface area contributed by atoms with Gasteiger partial charge in [-0.25, -0.2) is 14.4 Å². The molecule has 6 heteroatoms. The van der Waals surface area contributed by atoms with Gasteiger partial charge in [-0.15, -0.1) is 0 Å². The smallest absolute Gasteiger partial charge is 0.254 e. The lowest BCUT2D eigenvalue weighted by Crippen LogP contribution is -2.26. The molecule has 28 heavy (non-hydrogen) atoms. The second kappa shape index (κ2) is 9.08. The van der Waals surface area contributed by atoms with Crippen molar-refractivity contribution in [3.63, 3.8) is 0 Å². The number of amides is 1. The summed E-state index contributed by atoms with van der Waals surface area (Å²) in [6, 6.07) is 14.4. The average molecular weight is 378 g/mol. The maximum absolute atomic E-state index is 12.9. The van der Waals surface area contributed by atoms with Crippen LogP contribution in [0.15, 0.2) is 60.9 Å². The van der Waals surface area contributed by atoms with E-state index in [0.29, 0.717) is 31.0 Å². The Morgan fingerprint density at radius 1 is 1.11 bits per heavy atom. The maximum Gasteiger partial charge on any atom is 0.254 e. The van der Waals surface area contributed by atoms with Crippen LogP contribution in [-0.2, 0) is 6.42 Å². The second-order valence-corrected chi connectivity index (χ2v) is 6.49. The van der Waals surface area contributed by atoms with Crippen molar-refractivity contribution in [2.24, 2.45) is 0 Å². The van der Waals surface area contributed by atoms with Crippen LogP contribution in [0.2, 0.25) is 0 Å². The summed E-state index contributed by atoms with van der Waals surface area (Å²) in [4.78, 5) is 23.0. The highest BCUT2D eigenvalue weighted by molar-refractivity contribution is 5.93. The van der Waals surface area contributed by atoms with Gasteiger partial charge in [0.2, 0.25) is 5.95 Å². The van der Waals surface area contributed by atoms with Gasteiger partial charge in [0.15, 0.2) is 0 Å². The quantitative estimate of drug-likeness (QED) is 0.674. The highest BCUT2D eigenvalue weighted by atomic mass is 19.1. The number of hydrogen-bond donors (Lipinski definition) is 1. The fourth-order valence-electron chi connectivity index (χ4n) is 2.89. The van der Waals surface area contributed by atoms with Crippen LogP contribution in [0.4, 0.5) is 16.0 Å². The Kier molecular flexibility index (Phi) is 6.32. The Labute approximate surface area is 164 Å². The van der Waals surface area contributed by atoms with E-state index in [1.807, 2.05) is 36.9 Å². The summed E-state index contributed by atoms with van der Waals surface area (Å²) in [6.45, 7) is 5.24. The third-order valence-electron chi connectivity index (χ3n) is 4.38. The van der Waals surface area contributed by atoms with E-state index >= 15 is 0 Å². The molecular formula is C22H23FN4O. The third-order valence-corrected chi connectivity index (χ3v) is 4.38. The second-order valence-electron chi connectivity index (χ2n) is 6.49. The van der Waals surface area contributed by atoms with Gasteiger partial charge in [0.1, 0.15) is 5.82 Å². The molecule has 0 aliphatic carbocycles. The SMILES string of the molecule is CCN(c1cccc(C)c1)c1ncc(C(=O)NCCc2ccc(F)cc2)cn1. The van der Waals surface area contributed by atoms with Crippen LogP contribution in [0.5, 0.6) is 0 Å². The summed E-state index contributed by atoms with van der Waals surface area (Å²) in [5, 5.41) is 2.84. The summed E-state index contributed by atoms with van der Waals surface area (Å²) < 4.78 is 12.9. The number of halogens is 1. The number of aromatic nitrogens is 2. The van der Waals surface area contributed by atoms with Gasteiger partial charge < -0.3 is 10.2 Å². The van der Waals surface area contributed by atoms with Gasteiger partial charge in [0.05, 0.1) is 5.56 Å². The lowest BCUT2D eigenvalue weighted by Gasteiger charge is -2.21. The molecule has 0 spiro atoms. The van der Waals surface area contributed by atoms with Crippen molar-refractivity contribution in [1.82, 2.24) is 15.3 Å². The molecule has 0 aliphatic heterocycles. The van der Waals surface area contributed by atoms with Gasteiger partial charge in [-0.1, -0.05) is 24.3 Å². The highest BCUT2D eigenvalue weighted by Crippen LogP contribution is 2.22. The maximum atomic E-state index is 12.9. The zero-order valence-electron chi connectivity index (χ0n) is 16.0. The molecule has 5 nitrogen and oxygen atoms in total. The summed E-state index contributed by atoms with van der Waals surface area (Å²) in [5.41, 5.74) is 3.54. The summed E-state index contributed by atoms with van der Waals surface area (Å²) in [5.74, 6) is 0.0556. The van der Waals surface area contributed by atoms with Crippen molar-refractivity contribution in [2.45, 2.75) is 20.3 Å². The molecule has 1 aromatic heterocycles. The van der Waals surface area contributed by atoms with Crippen LogP contribution in [0.25, 0.3) is 0 Å². The van der Waals surface area contributed by atoms with E-state index in [-0.39, 0.29) is 11.7 Å². The highest BCUT2D eigenvalue weighted by Gasteiger charge is 2.12. The third kappa shape index (κ3) is 4.91. The first-order valence-corrected chi connectivity index (χ1v) is 9.25.